The van der Waals surface area contributed by atoms with E-state index >= 15 is 0 Å². The van der Waals surface area contributed by atoms with Gasteiger partial charge in [0.25, 0.3) is 0 Å². The lowest BCUT2D eigenvalue weighted by atomic mass is 9.87. The molecule has 0 unspecified atom stereocenters. The molecule has 2 N–H and O–H groups in total. The molecule has 0 aromatic heterocycles. The van der Waals surface area contributed by atoms with Crippen LogP contribution in [0.1, 0.15) is 18.1 Å². The van der Waals surface area contributed by atoms with Gasteiger partial charge in [-0.2, -0.15) is 8.78 Å². The predicted octanol–water partition coefficient (Wildman–Crippen LogP) is 7.38. The van der Waals surface area contributed by atoms with Crippen molar-refractivity contribution in [3.63, 3.8) is 0 Å². The number of phenols is 1. The topological polar surface area (TPSA) is 58.9 Å². The maximum absolute atomic E-state index is 14.8. The third kappa shape index (κ3) is 5.18. The van der Waals surface area contributed by atoms with Crippen molar-refractivity contribution in [3.05, 3.63) is 112 Å². The molecular weight excluding hydrogens is 571 g/mol. The summed E-state index contributed by atoms with van der Waals surface area (Å²) in [6, 6.07) is 10.8. The summed E-state index contributed by atoms with van der Waals surface area (Å²) in [6.45, 7) is 1.17. The fourth-order valence-electron chi connectivity index (χ4n) is 4.07. The monoisotopic (exact) mass is 588 g/mol. The van der Waals surface area contributed by atoms with Gasteiger partial charge in [0.05, 0.1) is 24.3 Å². The molecule has 0 aliphatic rings. The number of aliphatic hydroxyl groups is 1. The summed E-state index contributed by atoms with van der Waals surface area (Å²) in [7, 11) is 0. The molecule has 0 fully saturated rings. The highest BCUT2D eigenvalue weighted by Crippen LogP contribution is 2.42. The number of aromatic hydroxyl groups is 1. The van der Waals surface area contributed by atoms with E-state index < -0.39 is 74.8 Å². The molecule has 0 amide bonds. The number of benzene rings is 4. The normalized spacial score (nSPS) is 12.9. The van der Waals surface area contributed by atoms with Crippen molar-refractivity contribution < 1.29 is 59.2 Å². The van der Waals surface area contributed by atoms with Gasteiger partial charge in [0.15, 0.2) is 34.9 Å². The van der Waals surface area contributed by atoms with Gasteiger partial charge in [-0.25, -0.2) is 30.7 Å². The highest BCUT2D eigenvalue weighted by atomic mass is 19.2. The Morgan fingerprint density at radius 1 is 0.585 bits per heavy atom. The molecule has 0 aliphatic carbocycles. The van der Waals surface area contributed by atoms with Crippen molar-refractivity contribution in [3.8, 4) is 28.4 Å². The van der Waals surface area contributed by atoms with Gasteiger partial charge in [0.1, 0.15) is 17.1 Å². The van der Waals surface area contributed by atoms with Crippen LogP contribution < -0.4 is 4.74 Å². The Balaban J connectivity index is 1.74. The third-order valence-electron chi connectivity index (χ3n) is 6.21. The third-order valence-corrected chi connectivity index (χ3v) is 6.21. The summed E-state index contributed by atoms with van der Waals surface area (Å²) in [4.78, 5) is 0. The molecule has 4 aromatic rings. The number of halogens is 9. The van der Waals surface area contributed by atoms with Crippen LogP contribution in [0.25, 0.3) is 11.1 Å². The summed E-state index contributed by atoms with van der Waals surface area (Å²) in [6.07, 6.45) is 0. The molecule has 0 bridgehead atoms. The summed E-state index contributed by atoms with van der Waals surface area (Å²) >= 11 is 0. The Kier molecular flexibility index (Phi) is 8.22. The second kappa shape index (κ2) is 11.3. The fraction of sp³-hybridized carbons (Fsp3) is 0.143. The van der Waals surface area contributed by atoms with Gasteiger partial charge in [0.2, 0.25) is 23.2 Å². The van der Waals surface area contributed by atoms with E-state index in [1.54, 1.807) is 19.1 Å². The first-order chi connectivity index (χ1) is 19.3. The molecule has 0 heterocycles. The Morgan fingerprint density at radius 2 is 0.976 bits per heavy atom. The minimum absolute atomic E-state index is 0.0308. The number of hydrogen-bond acceptors (Lipinski definition) is 4. The number of phenolic OH excluding ortho intramolecular Hbond substituents is 1. The number of rotatable bonds is 8. The van der Waals surface area contributed by atoms with Gasteiger partial charge in [-0.15, -0.1) is 0 Å². The summed E-state index contributed by atoms with van der Waals surface area (Å²) < 4.78 is 139. The Hall–Kier alpha value is -4.23. The highest BCUT2D eigenvalue weighted by molar-refractivity contribution is 5.68. The van der Waals surface area contributed by atoms with Crippen LogP contribution in [0.4, 0.5) is 39.5 Å². The minimum atomic E-state index is -2.67. The Labute approximate surface area is 225 Å². The molecule has 41 heavy (non-hydrogen) atoms. The largest absolute Gasteiger partial charge is 0.508 e. The Bertz CT molecular complexity index is 1550. The van der Waals surface area contributed by atoms with Crippen LogP contribution in [-0.4, -0.2) is 23.4 Å². The van der Waals surface area contributed by atoms with Gasteiger partial charge in [-0.3, -0.25) is 0 Å². The van der Waals surface area contributed by atoms with E-state index in [4.69, 9.17) is 9.47 Å². The summed E-state index contributed by atoms with van der Waals surface area (Å²) in [5.74, 6) is -24.9. The molecule has 4 rings (SSSR count). The quantitative estimate of drug-likeness (QED) is 0.128. The van der Waals surface area contributed by atoms with Gasteiger partial charge < -0.3 is 19.7 Å². The lowest BCUT2D eigenvalue weighted by Crippen LogP contribution is -2.28. The van der Waals surface area contributed by atoms with E-state index in [9.17, 15) is 49.7 Å². The van der Waals surface area contributed by atoms with Crippen LogP contribution in [-0.2, 0) is 10.3 Å². The minimum Gasteiger partial charge on any atom is -0.508 e. The van der Waals surface area contributed by atoms with Crippen molar-refractivity contribution in [1.82, 2.24) is 0 Å². The van der Waals surface area contributed by atoms with Gasteiger partial charge in [-0.1, -0.05) is 24.3 Å². The van der Waals surface area contributed by atoms with Crippen LogP contribution in [0, 0.1) is 52.4 Å². The Morgan fingerprint density at radius 3 is 1.41 bits per heavy atom. The number of aliphatic hydroxyl groups excluding tert-OH is 1. The van der Waals surface area contributed by atoms with Crippen molar-refractivity contribution in [2.24, 2.45) is 0 Å². The van der Waals surface area contributed by atoms with Crippen LogP contribution in [0.3, 0.4) is 0 Å². The van der Waals surface area contributed by atoms with Crippen LogP contribution >= 0.6 is 0 Å². The van der Waals surface area contributed by atoms with Crippen LogP contribution in [0.15, 0.2) is 48.5 Å². The van der Waals surface area contributed by atoms with Gasteiger partial charge in [0, 0.05) is 0 Å². The zero-order valence-corrected chi connectivity index (χ0v) is 20.6. The van der Waals surface area contributed by atoms with E-state index in [-0.39, 0.29) is 24.7 Å². The van der Waals surface area contributed by atoms with E-state index in [1.807, 2.05) is 0 Å². The van der Waals surface area contributed by atoms with Crippen molar-refractivity contribution in [2.75, 3.05) is 13.2 Å². The fourth-order valence-corrected chi connectivity index (χ4v) is 4.07. The van der Waals surface area contributed by atoms with E-state index in [2.05, 4.69) is 0 Å². The first kappa shape index (κ1) is 29.7. The smallest absolute Gasteiger partial charge is 0.205 e. The second-order valence-electron chi connectivity index (χ2n) is 8.68. The number of hydrogen-bond donors (Lipinski definition) is 2. The molecule has 4 aromatic carbocycles. The molecule has 0 aliphatic heterocycles. The van der Waals surface area contributed by atoms with E-state index in [1.165, 1.54) is 24.3 Å². The van der Waals surface area contributed by atoms with Crippen molar-refractivity contribution >= 4 is 0 Å². The molecule has 4 nitrogen and oxygen atoms in total. The van der Waals surface area contributed by atoms with Gasteiger partial charge in [-0.05, 0) is 42.3 Å². The maximum Gasteiger partial charge on any atom is 0.205 e. The zero-order valence-electron chi connectivity index (χ0n) is 20.6. The molecule has 0 saturated heterocycles. The van der Waals surface area contributed by atoms with Crippen molar-refractivity contribution in [2.45, 2.75) is 12.5 Å². The molecule has 13 heteroatoms. The molecule has 0 spiro atoms. The first-order valence-electron chi connectivity index (χ1n) is 11.5. The molecule has 0 saturated carbocycles. The average Bonchev–Trinajstić information content (AvgIpc) is 2.97. The molecule has 216 valence electrons. The van der Waals surface area contributed by atoms with E-state index in [0.29, 0.717) is 11.1 Å². The second-order valence-corrected chi connectivity index (χ2v) is 8.68. The van der Waals surface area contributed by atoms with Crippen LogP contribution in [0.5, 0.6) is 17.2 Å². The van der Waals surface area contributed by atoms with E-state index in [0.717, 1.165) is 12.1 Å². The van der Waals surface area contributed by atoms with Crippen LogP contribution in [0.2, 0.25) is 0 Å². The molecule has 0 radical (unpaired) electrons. The van der Waals surface area contributed by atoms with Crippen molar-refractivity contribution in [1.29, 1.82) is 0 Å². The average molecular weight is 588 g/mol. The standard InChI is InChI=1S/C28H17F9O4/c1-28(40-11-10-38,12-2-6-14(39)7-3-12)13-4-8-15(9-5-13)41-27-25(36)20(31)17(21(32)26(27)37)16-18(29)22(33)24(35)23(34)19(16)30/h2-9,38-39H,10-11H2,1H3/t28-/m1/s1. The highest BCUT2D eigenvalue weighted by Gasteiger charge is 2.35. The number of ether oxygens (including phenoxy) is 2. The van der Waals surface area contributed by atoms with Gasteiger partial charge >= 0.3 is 0 Å². The lowest BCUT2D eigenvalue weighted by Gasteiger charge is -2.31. The molecular formula is C28H17F9O4. The maximum atomic E-state index is 14.8. The molecule has 1 atom stereocenters. The predicted molar refractivity (Wildman–Crippen MR) is 126 cm³/mol. The summed E-state index contributed by atoms with van der Waals surface area (Å²) in [5.41, 5.74) is -4.66. The lowest BCUT2D eigenvalue weighted by molar-refractivity contribution is -0.0214. The first-order valence-corrected chi connectivity index (χ1v) is 11.5. The zero-order chi connectivity index (χ0) is 30.2. The SMILES string of the molecule is C[C@@](OCCO)(c1ccc(O)cc1)c1ccc(Oc2c(F)c(F)c(-c3c(F)c(F)c(F)c(F)c3F)c(F)c2F)cc1. The summed E-state index contributed by atoms with van der Waals surface area (Å²) in [5, 5.41) is 18.8.